The molecule has 0 spiro atoms. The quantitative estimate of drug-likeness (QED) is 0.670. The first kappa shape index (κ1) is 11.2. The molecule has 78 valence electrons. The van der Waals surface area contributed by atoms with Crippen LogP contribution in [0.4, 0.5) is 0 Å². The summed E-state index contributed by atoms with van der Waals surface area (Å²) in [6.07, 6.45) is 0. The van der Waals surface area contributed by atoms with Gasteiger partial charge >= 0.3 is 0 Å². The predicted molar refractivity (Wildman–Crippen MR) is 61.4 cm³/mol. The van der Waals surface area contributed by atoms with Crippen molar-refractivity contribution in [1.29, 1.82) is 0 Å². The molecule has 0 fully saturated rings. The van der Waals surface area contributed by atoms with Crippen molar-refractivity contribution in [2.45, 2.75) is 20.4 Å². The molecule has 1 aromatic rings. The molecule has 0 atom stereocenters. The average molecular weight is 192 g/mol. The van der Waals surface area contributed by atoms with Gasteiger partial charge in [0, 0.05) is 19.6 Å². The fourth-order valence-corrected chi connectivity index (χ4v) is 1.41. The van der Waals surface area contributed by atoms with Gasteiger partial charge in [0.15, 0.2) is 0 Å². The van der Waals surface area contributed by atoms with E-state index in [9.17, 15) is 0 Å². The Labute approximate surface area is 86.7 Å². The smallest absolute Gasteiger partial charge is 0.0206 e. The van der Waals surface area contributed by atoms with Crippen LogP contribution in [0.3, 0.4) is 0 Å². The summed E-state index contributed by atoms with van der Waals surface area (Å²) in [6.45, 7) is 8.34. The molecular weight excluding hydrogens is 172 g/mol. The van der Waals surface area contributed by atoms with Gasteiger partial charge in [-0.1, -0.05) is 36.8 Å². The highest BCUT2D eigenvalue weighted by Crippen LogP contribution is 2.02. The van der Waals surface area contributed by atoms with E-state index in [1.807, 2.05) is 0 Å². The van der Waals surface area contributed by atoms with Gasteiger partial charge in [-0.25, -0.2) is 0 Å². The zero-order valence-corrected chi connectivity index (χ0v) is 9.14. The van der Waals surface area contributed by atoms with Crippen LogP contribution in [-0.2, 0) is 6.54 Å². The van der Waals surface area contributed by atoms with Crippen molar-refractivity contribution in [3.8, 4) is 0 Å². The second-order valence-electron chi connectivity index (χ2n) is 3.52. The number of hydrogen-bond acceptors (Lipinski definition) is 2. The largest absolute Gasteiger partial charge is 0.316 e. The highest BCUT2D eigenvalue weighted by atomic mass is 14.9. The zero-order valence-electron chi connectivity index (χ0n) is 9.14. The van der Waals surface area contributed by atoms with Gasteiger partial charge in [-0.2, -0.15) is 0 Å². The van der Waals surface area contributed by atoms with Crippen molar-refractivity contribution in [3.63, 3.8) is 0 Å². The maximum absolute atomic E-state index is 3.40. The highest BCUT2D eigenvalue weighted by Gasteiger charge is 1.91. The molecule has 0 radical (unpaired) electrons. The van der Waals surface area contributed by atoms with E-state index in [0.29, 0.717) is 0 Å². The Hall–Kier alpha value is -0.860. The predicted octanol–water partition coefficient (Wildman–Crippen LogP) is 1.69. The maximum Gasteiger partial charge on any atom is 0.0206 e. The first-order valence-electron chi connectivity index (χ1n) is 5.30. The molecule has 2 N–H and O–H groups in total. The third kappa shape index (κ3) is 4.40. The lowest BCUT2D eigenvalue weighted by Gasteiger charge is -2.05. The lowest BCUT2D eigenvalue weighted by molar-refractivity contribution is 0.625. The van der Waals surface area contributed by atoms with Gasteiger partial charge in [0.2, 0.25) is 0 Å². The maximum atomic E-state index is 3.40. The first-order chi connectivity index (χ1) is 6.83. The Bertz CT molecular complexity index is 258. The van der Waals surface area contributed by atoms with Crippen LogP contribution in [0.2, 0.25) is 0 Å². The summed E-state index contributed by atoms with van der Waals surface area (Å²) in [7, 11) is 0. The summed E-state index contributed by atoms with van der Waals surface area (Å²) in [5.74, 6) is 0. The molecule has 0 unspecified atom stereocenters. The number of likely N-dealkylation sites (N-methyl/N-ethyl adjacent to an activating group) is 1. The van der Waals surface area contributed by atoms with Crippen molar-refractivity contribution in [1.82, 2.24) is 10.6 Å². The Morgan fingerprint density at radius 2 is 1.93 bits per heavy atom. The van der Waals surface area contributed by atoms with Gasteiger partial charge in [-0.3, -0.25) is 0 Å². The molecule has 0 aliphatic heterocycles. The summed E-state index contributed by atoms with van der Waals surface area (Å²) in [5, 5.41) is 6.68. The molecule has 0 aliphatic rings. The Balaban J connectivity index is 2.18. The summed E-state index contributed by atoms with van der Waals surface area (Å²) in [5.41, 5.74) is 2.69. The standard InChI is InChI=1S/C12H20N2/c1-3-13-7-8-14-10-12-6-4-5-11(2)9-12/h4-6,9,13-14H,3,7-8,10H2,1-2H3. The van der Waals surface area contributed by atoms with Crippen LogP contribution >= 0.6 is 0 Å². The van der Waals surface area contributed by atoms with E-state index in [1.54, 1.807) is 0 Å². The average Bonchev–Trinajstić information content (AvgIpc) is 2.18. The molecule has 0 bridgehead atoms. The third-order valence-corrected chi connectivity index (χ3v) is 2.14. The lowest BCUT2D eigenvalue weighted by atomic mass is 10.1. The number of benzene rings is 1. The molecule has 2 heteroatoms. The van der Waals surface area contributed by atoms with Gasteiger partial charge in [-0.15, -0.1) is 0 Å². The number of rotatable bonds is 6. The molecule has 1 rings (SSSR count). The second-order valence-corrected chi connectivity index (χ2v) is 3.52. The molecule has 2 nitrogen and oxygen atoms in total. The molecule has 1 aromatic carbocycles. The fourth-order valence-electron chi connectivity index (χ4n) is 1.41. The van der Waals surface area contributed by atoms with Crippen LogP contribution < -0.4 is 10.6 Å². The number of hydrogen-bond donors (Lipinski definition) is 2. The summed E-state index contributed by atoms with van der Waals surface area (Å²) in [4.78, 5) is 0. The number of nitrogens with one attached hydrogen (secondary N) is 2. The zero-order chi connectivity index (χ0) is 10.2. The van der Waals surface area contributed by atoms with Crippen LogP contribution in [0.15, 0.2) is 24.3 Å². The van der Waals surface area contributed by atoms with Crippen molar-refractivity contribution in [3.05, 3.63) is 35.4 Å². The van der Waals surface area contributed by atoms with Gasteiger partial charge in [0.25, 0.3) is 0 Å². The van der Waals surface area contributed by atoms with Gasteiger partial charge in [0.05, 0.1) is 0 Å². The lowest BCUT2D eigenvalue weighted by Crippen LogP contribution is -2.26. The highest BCUT2D eigenvalue weighted by molar-refractivity contribution is 5.21. The van der Waals surface area contributed by atoms with E-state index < -0.39 is 0 Å². The van der Waals surface area contributed by atoms with Crippen LogP contribution in [0.25, 0.3) is 0 Å². The molecule has 0 aromatic heterocycles. The molecule has 0 heterocycles. The van der Waals surface area contributed by atoms with E-state index in [-0.39, 0.29) is 0 Å². The second kappa shape index (κ2) is 6.57. The minimum Gasteiger partial charge on any atom is -0.316 e. The molecule has 0 amide bonds. The molecule has 14 heavy (non-hydrogen) atoms. The van der Waals surface area contributed by atoms with Crippen LogP contribution in [0, 0.1) is 6.92 Å². The summed E-state index contributed by atoms with van der Waals surface area (Å²) < 4.78 is 0. The van der Waals surface area contributed by atoms with E-state index >= 15 is 0 Å². The number of aryl methyl sites for hydroxylation is 1. The SMILES string of the molecule is CCNCCNCc1cccc(C)c1. The minimum absolute atomic E-state index is 0.965. The monoisotopic (exact) mass is 192 g/mol. The van der Waals surface area contributed by atoms with E-state index in [0.717, 1.165) is 26.2 Å². The van der Waals surface area contributed by atoms with Crippen molar-refractivity contribution >= 4 is 0 Å². The summed E-state index contributed by atoms with van der Waals surface area (Å²) >= 11 is 0. The fraction of sp³-hybridized carbons (Fsp3) is 0.500. The first-order valence-corrected chi connectivity index (χ1v) is 5.30. The minimum atomic E-state index is 0.965. The molecule has 0 saturated heterocycles. The normalized spacial score (nSPS) is 10.4. The van der Waals surface area contributed by atoms with E-state index in [1.165, 1.54) is 11.1 Å². The van der Waals surface area contributed by atoms with E-state index in [4.69, 9.17) is 0 Å². The van der Waals surface area contributed by atoms with Crippen LogP contribution in [0.1, 0.15) is 18.1 Å². The van der Waals surface area contributed by atoms with Crippen molar-refractivity contribution in [2.75, 3.05) is 19.6 Å². The van der Waals surface area contributed by atoms with Crippen molar-refractivity contribution in [2.24, 2.45) is 0 Å². The van der Waals surface area contributed by atoms with E-state index in [2.05, 4.69) is 48.7 Å². The van der Waals surface area contributed by atoms with Gasteiger partial charge in [-0.05, 0) is 19.0 Å². The Morgan fingerprint density at radius 3 is 2.64 bits per heavy atom. The summed E-state index contributed by atoms with van der Waals surface area (Å²) in [6, 6.07) is 8.62. The van der Waals surface area contributed by atoms with Gasteiger partial charge in [0.1, 0.15) is 0 Å². The Morgan fingerprint density at radius 1 is 1.14 bits per heavy atom. The molecule has 0 aliphatic carbocycles. The van der Waals surface area contributed by atoms with Gasteiger partial charge < -0.3 is 10.6 Å². The topological polar surface area (TPSA) is 24.1 Å². The third-order valence-electron chi connectivity index (χ3n) is 2.14. The molecule has 0 saturated carbocycles. The Kier molecular flexibility index (Phi) is 5.27. The van der Waals surface area contributed by atoms with Crippen molar-refractivity contribution < 1.29 is 0 Å². The van der Waals surface area contributed by atoms with Crippen LogP contribution in [-0.4, -0.2) is 19.6 Å². The van der Waals surface area contributed by atoms with Crippen LogP contribution in [0.5, 0.6) is 0 Å². The molecular formula is C12H20N2.